The molecule has 0 aliphatic carbocycles. The molecule has 2 N–H and O–H groups in total. The molecule has 0 radical (unpaired) electrons. The molecule has 0 saturated heterocycles. The molecule has 0 aliphatic heterocycles. The molecule has 0 spiro atoms. The first kappa shape index (κ1) is 22.5. The van der Waals surface area contributed by atoms with Crippen LogP contribution < -0.4 is 10.6 Å². The topological polar surface area (TPSA) is 88.9 Å². The van der Waals surface area contributed by atoms with Gasteiger partial charge in [0, 0.05) is 36.7 Å². The molecular formula is C24H22FN5O2S. The molecule has 0 aliphatic rings. The standard InChI is InChI=1S/C24H22FN5O2S/c1-30-21(13-14-22(31)26-18-11-9-17(25)10-12-18)28-29-24(30)33-15-23(32)27-20-8-4-6-16-5-2-3-7-19(16)20/h2-12H,13-15H2,1H3,(H,26,31)(H,27,32). The first-order chi connectivity index (χ1) is 16.0. The van der Waals surface area contributed by atoms with Gasteiger partial charge in [0.1, 0.15) is 11.6 Å². The molecule has 4 aromatic rings. The van der Waals surface area contributed by atoms with Crippen molar-refractivity contribution in [3.05, 3.63) is 78.4 Å². The number of halogens is 1. The number of amides is 2. The number of carbonyl (C=O) groups is 2. The Balaban J connectivity index is 1.29. The van der Waals surface area contributed by atoms with Gasteiger partial charge < -0.3 is 15.2 Å². The summed E-state index contributed by atoms with van der Waals surface area (Å²) in [4.78, 5) is 24.6. The van der Waals surface area contributed by atoms with Crippen molar-refractivity contribution in [1.82, 2.24) is 14.8 Å². The van der Waals surface area contributed by atoms with E-state index in [1.54, 1.807) is 11.6 Å². The van der Waals surface area contributed by atoms with Gasteiger partial charge in [-0.25, -0.2) is 4.39 Å². The smallest absolute Gasteiger partial charge is 0.234 e. The Hall–Kier alpha value is -3.72. The van der Waals surface area contributed by atoms with Gasteiger partial charge >= 0.3 is 0 Å². The number of thioether (sulfide) groups is 1. The van der Waals surface area contributed by atoms with Crippen molar-refractivity contribution in [3.63, 3.8) is 0 Å². The summed E-state index contributed by atoms with van der Waals surface area (Å²) < 4.78 is 14.7. The third-order valence-electron chi connectivity index (χ3n) is 5.02. The second kappa shape index (κ2) is 10.3. The van der Waals surface area contributed by atoms with Crippen LogP contribution >= 0.6 is 11.8 Å². The Kier molecular flexibility index (Phi) is 6.99. The predicted octanol–water partition coefficient (Wildman–Crippen LogP) is 4.41. The summed E-state index contributed by atoms with van der Waals surface area (Å²) in [7, 11) is 1.80. The highest BCUT2D eigenvalue weighted by atomic mass is 32.2. The number of nitrogens with zero attached hydrogens (tertiary/aromatic N) is 3. The van der Waals surface area contributed by atoms with E-state index < -0.39 is 0 Å². The second-order valence-corrected chi connectivity index (χ2v) is 8.32. The minimum Gasteiger partial charge on any atom is -0.326 e. The van der Waals surface area contributed by atoms with E-state index in [4.69, 9.17) is 0 Å². The lowest BCUT2D eigenvalue weighted by Gasteiger charge is -2.09. The van der Waals surface area contributed by atoms with Crippen LogP contribution in [-0.2, 0) is 23.1 Å². The molecule has 0 fully saturated rings. The number of aryl methyl sites for hydroxylation is 1. The number of hydrogen-bond acceptors (Lipinski definition) is 5. The van der Waals surface area contributed by atoms with E-state index in [9.17, 15) is 14.0 Å². The quantitative estimate of drug-likeness (QED) is 0.378. The number of aromatic nitrogens is 3. The van der Waals surface area contributed by atoms with E-state index in [0.717, 1.165) is 16.5 Å². The summed E-state index contributed by atoms with van der Waals surface area (Å²) in [5.74, 6) is 0.122. The fourth-order valence-corrected chi connectivity index (χ4v) is 4.05. The Morgan fingerprint density at radius 2 is 1.70 bits per heavy atom. The minimum absolute atomic E-state index is 0.139. The van der Waals surface area contributed by atoms with E-state index in [1.165, 1.54) is 36.0 Å². The van der Waals surface area contributed by atoms with Crippen LogP contribution in [0.1, 0.15) is 12.2 Å². The molecule has 3 aromatic carbocycles. The number of nitrogens with one attached hydrogen (secondary N) is 2. The van der Waals surface area contributed by atoms with Crippen LogP contribution in [0, 0.1) is 5.82 Å². The van der Waals surface area contributed by atoms with Gasteiger partial charge in [0.05, 0.1) is 5.75 Å². The minimum atomic E-state index is -0.358. The third-order valence-corrected chi connectivity index (χ3v) is 6.05. The van der Waals surface area contributed by atoms with Crippen LogP contribution in [0.3, 0.4) is 0 Å². The third kappa shape index (κ3) is 5.75. The van der Waals surface area contributed by atoms with Crippen LogP contribution in [-0.4, -0.2) is 32.3 Å². The lowest BCUT2D eigenvalue weighted by atomic mass is 10.1. The van der Waals surface area contributed by atoms with Crippen molar-refractivity contribution in [2.45, 2.75) is 18.0 Å². The number of rotatable bonds is 8. The van der Waals surface area contributed by atoms with Crippen molar-refractivity contribution < 1.29 is 14.0 Å². The number of anilines is 2. The Bertz CT molecular complexity index is 1280. The Labute approximate surface area is 194 Å². The van der Waals surface area contributed by atoms with Gasteiger partial charge in [-0.1, -0.05) is 48.2 Å². The van der Waals surface area contributed by atoms with Crippen molar-refractivity contribution in [1.29, 1.82) is 0 Å². The summed E-state index contributed by atoms with van der Waals surface area (Å²) in [6, 6.07) is 19.3. The summed E-state index contributed by atoms with van der Waals surface area (Å²) in [6.07, 6.45) is 0.592. The van der Waals surface area contributed by atoms with Crippen LogP contribution in [0.2, 0.25) is 0 Å². The highest BCUT2D eigenvalue weighted by Gasteiger charge is 2.14. The summed E-state index contributed by atoms with van der Waals surface area (Å²) >= 11 is 1.28. The molecule has 1 aromatic heterocycles. The SMILES string of the molecule is Cn1c(CCC(=O)Nc2ccc(F)cc2)nnc1SCC(=O)Nc1cccc2ccccc12. The normalized spacial score (nSPS) is 10.8. The van der Waals surface area contributed by atoms with E-state index in [0.29, 0.717) is 23.1 Å². The lowest BCUT2D eigenvalue weighted by molar-refractivity contribution is -0.116. The van der Waals surface area contributed by atoms with Gasteiger partial charge in [0.15, 0.2) is 5.16 Å². The number of carbonyl (C=O) groups excluding carboxylic acids is 2. The van der Waals surface area contributed by atoms with Crippen molar-refractivity contribution in [3.8, 4) is 0 Å². The zero-order valence-electron chi connectivity index (χ0n) is 17.9. The lowest BCUT2D eigenvalue weighted by Crippen LogP contribution is -2.15. The molecule has 9 heteroatoms. The number of benzene rings is 3. The maximum absolute atomic E-state index is 13.0. The molecule has 33 heavy (non-hydrogen) atoms. The van der Waals surface area contributed by atoms with Gasteiger partial charge in [0.2, 0.25) is 11.8 Å². The fraction of sp³-hybridized carbons (Fsp3) is 0.167. The first-order valence-electron chi connectivity index (χ1n) is 10.3. The highest BCUT2D eigenvalue weighted by Crippen LogP contribution is 2.24. The van der Waals surface area contributed by atoms with Gasteiger partial charge in [0.25, 0.3) is 0 Å². The monoisotopic (exact) mass is 463 g/mol. The van der Waals surface area contributed by atoms with Gasteiger partial charge in [-0.15, -0.1) is 10.2 Å². The van der Waals surface area contributed by atoms with Gasteiger partial charge in [-0.05, 0) is 35.7 Å². The first-order valence-corrected chi connectivity index (χ1v) is 11.3. The summed E-state index contributed by atoms with van der Waals surface area (Å²) in [6.45, 7) is 0. The van der Waals surface area contributed by atoms with E-state index >= 15 is 0 Å². The molecule has 7 nitrogen and oxygen atoms in total. The second-order valence-electron chi connectivity index (χ2n) is 7.38. The maximum atomic E-state index is 13.0. The number of hydrogen-bond donors (Lipinski definition) is 2. The van der Waals surface area contributed by atoms with Crippen molar-refractivity contribution in [2.75, 3.05) is 16.4 Å². The van der Waals surface area contributed by atoms with Gasteiger partial charge in [-0.2, -0.15) is 0 Å². The Morgan fingerprint density at radius 3 is 2.52 bits per heavy atom. The highest BCUT2D eigenvalue weighted by molar-refractivity contribution is 7.99. The molecule has 168 valence electrons. The fourth-order valence-electron chi connectivity index (χ4n) is 3.32. The molecule has 2 amide bonds. The van der Waals surface area contributed by atoms with Crippen LogP contribution in [0.4, 0.5) is 15.8 Å². The molecule has 1 heterocycles. The molecule has 0 atom stereocenters. The van der Waals surface area contributed by atoms with Crippen molar-refractivity contribution in [2.24, 2.45) is 7.05 Å². The van der Waals surface area contributed by atoms with Crippen LogP contribution in [0.5, 0.6) is 0 Å². The molecule has 0 saturated carbocycles. The predicted molar refractivity (Wildman–Crippen MR) is 128 cm³/mol. The summed E-state index contributed by atoms with van der Waals surface area (Å²) in [5.41, 5.74) is 1.30. The maximum Gasteiger partial charge on any atom is 0.234 e. The van der Waals surface area contributed by atoms with E-state index in [1.807, 2.05) is 42.5 Å². The van der Waals surface area contributed by atoms with Crippen LogP contribution in [0.25, 0.3) is 10.8 Å². The average Bonchev–Trinajstić information content (AvgIpc) is 3.17. The largest absolute Gasteiger partial charge is 0.326 e. The van der Waals surface area contributed by atoms with Crippen LogP contribution in [0.15, 0.2) is 71.9 Å². The molecule has 4 rings (SSSR count). The average molecular weight is 464 g/mol. The molecular weight excluding hydrogens is 441 g/mol. The Morgan fingerprint density at radius 1 is 0.939 bits per heavy atom. The van der Waals surface area contributed by atoms with Crippen molar-refractivity contribution >= 4 is 45.7 Å². The zero-order valence-corrected chi connectivity index (χ0v) is 18.7. The number of fused-ring (bicyclic) bond motifs is 1. The molecule has 0 bridgehead atoms. The van der Waals surface area contributed by atoms with Gasteiger partial charge in [-0.3, -0.25) is 9.59 Å². The van der Waals surface area contributed by atoms with E-state index in [-0.39, 0.29) is 29.8 Å². The zero-order chi connectivity index (χ0) is 23.2. The molecule has 0 unspecified atom stereocenters. The van der Waals surface area contributed by atoms with E-state index in [2.05, 4.69) is 20.8 Å². The summed E-state index contributed by atoms with van der Waals surface area (Å²) in [5, 5.41) is 16.6.